The van der Waals surface area contributed by atoms with Crippen LogP contribution in [0, 0.1) is 0 Å². The molecule has 1 amide bonds. The van der Waals surface area contributed by atoms with Crippen LogP contribution in [0.5, 0.6) is 0 Å². The summed E-state index contributed by atoms with van der Waals surface area (Å²) in [6.07, 6.45) is 60.1. The van der Waals surface area contributed by atoms with E-state index in [1.54, 1.807) is 0 Å². The number of hydrogen-bond donors (Lipinski definition) is 3. The predicted molar refractivity (Wildman–Crippen MR) is 264 cm³/mol. The summed E-state index contributed by atoms with van der Waals surface area (Å²) in [6, 6.07) is -0.560. The molecule has 0 heterocycles. The van der Waals surface area contributed by atoms with E-state index in [4.69, 9.17) is 4.74 Å². The van der Waals surface area contributed by atoms with Gasteiger partial charge in [0.1, 0.15) is 0 Å². The summed E-state index contributed by atoms with van der Waals surface area (Å²) in [4.78, 5) is 24.5. The fourth-order valence-corrected chi connectivity index (χ4v) is 8.28. The van der Waals surface area contributed by atoms with Crippen LogP contribution in [0.4, 0.5) is 0 Å². The molecule has 3 N–H and O–H groups in total. The number of ether oxygens (including phenoxy) is 1. The van der Waals surface area contributed by atoms with Crippen molar-refractivity contribution >= 4 is 11.9 Å². The molecule has 0 saturated heterocycles. The topological polar surface area (TPSA) is 95.9 Å². The Morgan fingerprint density at radius 2 is 0.770 bits per heavy atom. The lowest BCUT2D eigenvalue weighted by Gasteiger charge is -2.22. The second-order valence-electron chi connectivity index (χ2n) is 18.6. The first-order chi connectivity index (χ1) is 30.0. The summed E-state index contributed by atoms with van der Waals surface area (Å²) in [7, 11) is 0. The fraction of sp³-hybridized carbons (Fsp3) is 0.891. The van der Waals surface area contributed by atoms with Gasteiger partial charge in [-0.25, -0.2) is 0 Å². The second kappa shape index (κ2) is 51.0. The number of aliphatic hydroxyl groups excluding tert-OH is 2. The fourth-order valence-electron chi connectivity index (χ4n) is 8.28. The summed E-state index contributed by atoms with van der Waals surface area (Å²) < 4.78 is 5.44. The zero-order chi connectivity index (χ0) is 44.4. The van der Waals surface area contributed by atoms with Gasteiger partial charge in [-0.3, -0.25) is 9.59 Å². The number of hydrogen-bond acceptors (Lipinski definition) is 5. The van der Waals surface area contributed by atoms with Crippen molar-refractivity contribution in [3.05, 3.63) is 24.3 Å². The predicted octanol–water partition coefficient (Wildman–Crippen LogP) is 16.3. The van der Waals surface area contributed by atoms with Crippen LogP contribution in [0.3, 0.4) is 0 Å². The van der Waals surface area contributed by atoms with E-state index in [-0.39, 0.29) is 18.5 Å². The number of unbranched alkanes of at least 4 members (excludes halogenated alkanes) is 35. The summed E-state index contributed by atoms with van der Waals surface area (Å²) in [5.74, 6) is -0.0907. The van der Waals surface area contributed by atoms with Gasteiger partial charge in [-0.2, -0.15) is 0 Å². The van der Waals surface area contributed by atoms with Gasteiger partial charge in [-0.1, -0.05) is 218 Å². The molecule has 61 heavy (non-hydrogen) atoms. The quantitative estimate of drug-likeness (QED) is 0.0322. The first-order valence-electron chi connectivity index (χ1n) is 27.1. The van der Waals surface area contributed by atoms with Crippen molar-refractivity contribution in [1.82, 2.24) is 5.32 Å². The van der Waals surface area contributed by atoms with Gasteiger partial charge in [0.2, 0.25) is 5.91 Å². The molecule has 0 aliphatic carbocycles. The third kappa shape index (κ3) is 47.7. The Labute approximate surface area is 380 Å². The van der Waals surface area contributed by atoms with E-state index in [0.29, 0.717) is 25.9 Å². The maximum absolute atomic E-state index is 12.5. The van der Waals surface area contributed by atoms with E-state index in [1.165, 1.54) is 180 Å². The molecule has 360 valence electrons. The minimum atomic E-state index is -0.681. The molecule has 0 rings (SSSR count). The molecule has 0 fully saturated rings. The first kappa shape index (κ1) is 59.3. The molecule has 6 nitrogen and oxygen atoms in total. The maximum atomic E-state index is 12.5. The van der Waals surface area contributed by atoms with Crippen LogP contribution < -0.4 is 5.32 Å². The Bertz CT molecular complexity index is 951. The van der Waals surface area contributed by atoms with Crippen LogP contribution in [0.25, 0.3) is 0 Å². The van der Waals surface area contributed by atoms with Crippen LogP contribution in [-0.2, 0) is 14.3 Å². The minimum absolute atomic E-state index is 0.0310. The Hall–Kier alpha value is -1.66. The van der Waals surface area contributed by atoms with Gasteiger partial charge in [-0.05, 0) is 83.5 Å². The number of carbonyl (C=O) groups excluding carboxylic acids is 2. The molecule has 2 unspecified atom stereocenters. The van der Waals surface area contributed by atoms with Gasteiger partial charge >= 0.3 is 5.97 Å². The standard InChI is InChI=1S/C55H105NO5/c1-3-5-7-9-11-13-15-17-19-20-21-22-23-27-31-35-39-43-47-53(58)52(51-57)56-54(59)48-44-40-36-32-28-25-26-30-34-38-42-46-50-61-55(60)49-45-41-37-33-29-24-18-16-14-12-10-8-6-4-2/h16,18,26,30,52-53,57-58H,3-15,17,19-25,27-29,31-51H2,1-2H3,(H,56,59)/b18-16-,30-26-. The Morgan fingerprint density at radius 3 is 1.16 bits per heavy atom. The number of amides is 1. The summed E-state index contributed by atoms with van der Waals surface area (Å²) >= 11 is 0. The van der Waals surface area contributed by atoms with Crippen molar-refractivity contribution in [3.8, 4) is 0 Å². The van der Waals surface area contributed by atoms with Crippen LogP contribution in [-0.4, -0.2) is 47.4 Å². The molecule has 0 saturated carbocycles. The highest BCUT2D eigenvalue weighted by atomic mass is 16.5. The average Bonchev–Trinajstić information content (AvgIpc) is 3.26. The summed E-state index contributed by atoms with van der Waals surface area (Å²) in [6.45, 7) is 4.89. The normalized spacial score (nSPS) is 12.8. The molecule has 0 radical (unpaired) electrons. The first-order valence-corrected chi connectivity index (χ1v) is 27.1. The molecule has 2 atom stereocenters. The summed E-state index contributed by atoms with van der Waals surface area (Å²) in [5.41, 5.74) is 0. The van der Waals surface area contributed by atoms with Gasteiger partial charge in [0, 0.05) is 12.8 Å². The van der Waals surface area contributed by atoms with Crippen LogP contribution >= 0.6 is 0 Å². The lowest BCUT2D eigenvalue weighted by Crippen LogP contribution is -2.45. The van der Waals surface area contributed by atoms with Crippen molar-refractivity contribution in [2.75, 3.05) is 13.2 Å². The van der Waals surface area contributed by atoms with E-state index < -0.39 is 12.1 Å². The number of esters is 1. The van der Waals surface area contributed by atoms with E-state index in [0.717, 1.165) is 77.0 Å². The molecule has 0 aromatic rings. The van der Waals surface area contributed by atoms with Crippen molar-refractivity contribution in [1.29, 1.82) is 0 Å². The van der Waals surface area contributed by atoms with Gasteiger partial charge in [0.05, 0.1) is 25.4 Å². The van der Waals surface area contributed by atoms with Gasteiger partial charge in [-0.15, -0.1) is 0 Å². The zero-order valence-electron chi connectivity index (χ0n) is 40.9. The third-order valence-electron chi connectivity index (χ3n) is 12.5. The van der Waals surface area contributed by atoms with Crippen LogP contribution in [0.15, 0.2) is 24.3 Å². The summed E-state index contributed by atoms with van der Waals surface area (Å²) in [5, 5.41) is 23.3. The average molecular weight is 860 g/mol. The van der Waals surface area contributed by atoms with Crippen molar-refractivity contribution in [2.45, 2.75) is 302 Å². The van der Waals surface area contributed by atoms with E-state index in [9.17, 15) is 19.8 Å². The van der Waals surface area contributed by atoms with Crippen molar-refractivity contribution in [2.24, 2.45) is 0 Å². The molecule has 0 aliphatic rings. The SMILES string of the molecule is CCCCCCC/C=C\CCCCCCCC(=O)OCCCCC/C=C\CCCCCCCC(=O)NC(CO)C(O)CCCCCCCCCCCCCCCCCCCC. The highest BCUT2D eigenvalue weighted by Crippen LogP contribution is 2.16. The van der Waals surface area contributed by atoms with E-state index in [2.05, 4.69) is 43.5 Å². The maximum Gasteiger partial charge on any atom is 0.305 e. The molecule has 0 aromatic carbocycles. The highest BCUT2D eigenvalue weighted by Gasteiger charge is 2.20. The highest BCUT2D eigenvalue weighted by molar-refractivity contribution is 5.76. The van der Waals surface area contributed by atoms with Gasteiger partial charge in [0.25, 0.3) is 0 Å². The van der Waals surface area contributed by atoms with Gasteiger partial charge < -0.3 is 20.3 Å². The van der Waals surface area contributed by atoms with Crippen LogP contribution in [0.2, 0.25) is 0 Å². The zero-order valence-corrected chi connectivity index (χ0v) is 40.9. The van der Waals surface area contributed by atoms with E-state index in [1.807, 2.05) is 0 Å². The molecule has 6 heteroatoms. The number of carbonyl (C=O) groups is 2. The minimum Gasteiger partial charge on any atom is -0.466 e. The third-order valence-corrected chi connectivity index (χ3v) is 12.5. The lowest BCUT2D eigenvalue weighted by atomic mass is 10.0. The monoisotopic (exact) mass is 860 g/mol. The Kier molecular flexibility index (Phi) is 49.6. The van der Waals surface area contributed by atoms with E-state index >= 15 is 0 Å². The Morgan fingerprint density at radius 1 is 0.443 bits per heavy atom. The molecule has 0 bridgehead atoms. The lowest BCUT2D eigenvalue weighted by molar-refractivity contribution is -0.143. The molecule has 0 aromatic heterocycles. The number of aliphatic hydroxyl groups is 2. The Balaban J connectivity index is 3.51. The molecular weight excluding hydrogens is 755 g/mol. The molecule has 0 aliphatic heterocycles. The van der Waals surface area contributed by atoms with Crippen molar-refractivity contribution < 1.29 is 24.5 Å². The second-order valence-corrected chi connectivity index (χ2v) is 18.6. The molecule has 0 spiro atoms. The number of nitrogens with one attached hydrogen (secondary N) is 1. The van der Waals surface area contributed by atoms with Crippen LogP contribution in [0.1, 0.15) is 290 Å². The smallest absolute Gasteiger partial charge is 0.305 e. The van der Waals surface area contributed by atoms with Crippen molar-refractivity contribution in [3.63, 3.8) is 0 Å². The largest absolute Gasteiger partial charge is 0.466 e. The number of rotatable bonds is 50. The number of allylic oxidation sites excluding steroid dienone is 4. The van der Waals surface area contributed by atoms with Gasteiger partial charge in [0.15, 0.2) is 0 Å². The molecular formula is C55H105NO5.